The van der Waals surface area contributed by atoms with Gasteiger partial charge in [-0.2, -0.15) is 18.4 Å². The summed E-state index contributed by atoms with van der Waals surface area (Å²) in [5.41, 5.74) is 0.560. The summed E-state index contributed by atoms with van der Waals surface area (Å²) >= 11 is 0. The van der Waals surface area contributed by atoms with Crippen molar-refractivity contribution < 1.29 is 13.2 Å². The molecule has 0 amide bonds. The fourth-order valence-corrected chi connectivity index (χ4v) is 2.20. The molecule has 1 heterocycles. The van der Waals surface area contributed by atoms with Crippen molar-refractivity contribution in [3.05, 3.63) is 72.1 Å². The van der Waals surface area contributed by atoms with E-state index in [2.05, 4.69) is 4.98 Å². The SMILES string of the molecule is N#Cc1ccc(-n2cc(C(F)(F)F)nc2-c2ccccc2)cc1. The van der Waals surface area contributed by atoms with Crippen LogP contribution in [0.1, 0.15) is 11.3 Å². The molecule has 0 bridgehead atoms. The molecule has 0 aliphatic heterocycles. The van der Waals surface area contributed by atoms with Crippen LogP contribution in [0.25, 0.3) is 17.1 Å². The van der Waals surface area contributed by atoms with Crippen LogP contribution < -0.4 is 0 Å². The third-order valence-electron chi connectivity index (χ3n) is 3.30. The Bertz CT molecular complexity index is 857. The minimum atomic E-state index is -4.53. The lowest BCUT2D eigenvalue weighted by Crippen LogP contribution is -2.04. The van der Waals surface area contributed by atoms with Crippen LogP contribution >= 0.6 is 0 Å². The van der Waals surface area contributed by atoms with Crippen molar-refractivity contribution in [2.24, 2.45) is 0 Å². The van der Waals surface area contributed by atoms with E-state index in [0.717, 1.165) is 6.20 Å². The molecular weight excluding hydrogens is 303 g/mol. The zero-order chi connectivity index (χ0) is 16.4. The average Bonchev–Trinajstić information content (AvgIpc) is 3.01. The third-order valence-corrected chi connectivity index (χ3v) is 3.30. The topological polar surface area (TPSA) is 41.6 Å². The summed E-state index contributed by atoms with van der Waals surface area (Å²) in [7, 11) is 0. The van der Waals surface area contributed by atoms with Gasteiger partial charge in [-0.25, -0.2) is 4.98 Å². The Hall–Kier alpha value is -3.07. The molecular formula is C17H10F3N3. The molecule has 3 aromatic rings. The Morgan fingerprint density at radius 1 is 0.957 bits per heavy atom. The molecule has 1 aromatic heterocycles. The molecule has 114 valence electrons. The van der Waals surface area contributed by atoms with Crippen molar-refractivity contribution in [2.75, 3.05) is 0 Å². The first kappa shape index (κ1) is 14.9. The fourth-order valence-electron chi connectivity index (χ4n) is 2.20. The van der Waals surface area contributed by atoms with Crippen LogP contribution in [0.2, 0.25) is 0 Å². The normalized spacial score (nSPS) is 11.2. The van der Waals surface area contributed by atoms with Crippen LogP contribution in [0.5, 0.6) is 0 Å². The molecule has 0 radical (unpaired) electrons. The molecule has 0 aliphatic carbocycles. The van der Waals surface area contributed by atoms with Gasteiger partial charge in [0, 0.05) is 17.4 Å². The van der Waals surface area contributed by atoms with Gasteiger partial charge in [0.15, 0.2) is 5.69 Å². The number of alkyl halides is 3. The van der Waals surface area contributed by atoms with Gasteiger partial charge in [-0.1, -0.05) is 30.3 Å². The zero-order valence-electron chi connectivity index (χ0n) is 11.7. The Morgan fingerprint density at radius 3 is 2.17 bits per heavy atom. The van der Waals surface area contributed by atoms with Gasteiger partial charge in [-0.05, 0) is 24.3 Å². The lowest BCUT2D eigenvalue weighted by Gasteiger charge is -2.07. The lowest BCUT2D eigenvalue weighted by atomic mass is 10.2. The maximum absolute atomic E-state index is 13.0. The van der Waals surface area contributed by atoms with Crippen LogP contribution in [0, 0.1) is 11.3 Å². The number of benzene rings is 2. The second kappa shape index (κ2) is 5.61. The highest BCUT2D eigenvalue weighted by atomic mass is 19.4. The largest absolute Gasteiger partial charge is 0.434 e. The molecule has 0 N–H and O–H groups in total. The Labute approximate surface area is 130 Å². The first-order valence-electron chi connectivity index (χ1n) is 6.71. The van der Waals surface area contributed by atoms with Gasteiger partial charge in [-0.3, -0.25) is 4.57 Å². The molecule has 3 nitrogen and oxygen atoms in total. The van der Waals surface area contributed by atoms with Crippen molar-refractivity contribution >= 4 is 0 Å². The van der Waals surface area contributed by atoms with Crippen molar-refractivity contribution in [3.63, 3.8) is 0 Å². The molecule has 23 heavy (non-hydrogen) atoms. The Morgan fingerprint density at radius 2 is 1.61 bits per heavy atom. The molecule has 0 saturated carbocycles. The maximum atomic E-state index is 13.0. The number of nitrogens with zero attached hydrogens (tertiary/aromatic N) is 3. The van der Waals surface area contributed by atoms with E-state index in [4.69, 9.17) is 5.26 Å². The monoisotopic (exact) mass is 313 g/mol. The number of hydrogen-bond donors (Lipinski definition) is 0. The molecule has 3 rings (SSSR count). The number of nitriles is 1. The number of rotatable bonds is 2. The number of halogens is 3. The molecule has 0 atom stereocenters. The molecule has 0 saturated heterocycles. The maximum Gasteiger partial charge on any atom is 0.434 e. The van der Waals surface area contributed by atoms with Crippen molar-refractivity contribution in [1.82, 2.24) is 9.55 Å². The van der Waals surface area contributed by atoms with Gasteiger partial charge in [0.25, 0.3) is 0 Å². The van der Waals surface area contributed by atoms with Crippen molar-refractivity contribution in [3.8, 4) is 23.1 Å². The van der Waals surface area contributed by atoms with Gasteiger partial charge < -0.3 is 0 Å². The van der Waals surface area contributed by atoms with Gasteiger partial charge in [0.1, 0.15) is 5.82 Å². The smallest absolute Gasteiger partial charge is 0.299 e. The first-order chi connectivity index (χ1) is 11.0. The summed E-state index contributed by atoms with van der Waals surface area (Å²) in [4.78, 5) is 3.74. The summed E-state index contributed by atoms with van der Waals surface area (Å²) in [6, 6.07) is 16.9. The predicted molar refractivity (Wildman–Crippen MR) is 78.7 cm³/mol. The van der Waals surface area contributed by atoms with Gasteiger partial charge >= 0.3 is 6.18 Å². The van der Waals surface area contributed by atoms with E-state index in [1.807, 2.05) is 6.07 Å². The van der Waals surface area contributed by atoms with E-state index < -0.39 is 11.9 Å². The Balaban J connectivity index is 2.18. The van der Waals surface area contributed by atoms with E-state index in [0.29, 0.717) is 16.8 Å². The molecule has 2 aromatic carbocycles. The molecule has 6 heteroatoms. The third kappa shape index (κ3) is 2.94. The highest BCUT2D eigenvalue weighted by molar-refractivity contribution is 5.59. The van der Waals surface area contributed by atoms with E-state index in [1.54, 1.807) is 54.6 Å². The van der Waals surface area contributed by atoms with Gasteiger partial charge in [0.2, 0.25) is 0 Å². The molecule has 0 aliphatic rings. The lowest BCUT2D eigenvalue weighted by molar-refractivity contribution is -0.140. The van der Waals surface area contributed by atoms with Gasteiger partial charge in [0.05, 0.1) is 11.6 Å². The van der Waals surface area contributed by atoms with Crippen LogP contribution in [-0.2, 0) is 6.18 Å². The number of imidazole rings is 1. The summed E-state index contributed by atoms with van der Waals surface area (Å²) in [5, 5.41) is 8.82. The quantitative estimate of drug-likeness (QED) is 0.702. The van der Waals surface area contributed by atoms with Crippen molar-refractivity contribution in [2.45, 2.75) is 6.18 Å². The highest BCUT2D eigenvalue weighted by Crippen LogP contribution is 2.32. The first-order valence-corrected chi connectivity index (χ1v) is 6.71. The summed E-state index contributed by atoms with van der Waals surface area (Å²) < 4.78 is 40.4. The standard InChI is InChI=1S/C17H10F3N3/c18-17(19,20)15-11-23(14-8-6-12(10-21)7-9-14)16(22-15)13-4-2-1-3-5-13/h1-9,11H. The molecule has 0 fully saturated rings. The van der Waals surface area contributed by atoms with Crippen LogP contribution in [0.15, 0.2) is 60.8 Å². The summed E-state index contributed by atoms with van der Waals surface area (Å²) in [6.07, 6.45) is -3.56. The summed E-state index contributed by atoms with van der Waals surface area (Å²) in [6.45, 7) is 0. The number of aromatic nitrogens is 2. The highest BCUT2D eigenvalue weighted by Gasteiger charge is 2.35. The van der Waals surface area contributed by atoms with E-state index in [-0.39, 0.29) is 5.82 Å². The predicted octanol–water partition coefficient (Wildman–Crippen LogP) is 4.43. The van der Waals surface area contributed by atoms with E-state index >= 15 is 0 Å². The summed E-state index contributed by atoms with van der Waals surface area (Å²) in [5.74, 6) is 0.197. The Kier molecular flexibility index (Phi) is 3.62. The zero-order valence-corrected chi connectivity index (χ0v) is 11.7. The van der Waals surface area contributed by atoms with E-state index in [9.17, 15) is 13.2 Å². The minimum Gasteiger partial charge on any atom is -0.299 e. The molecule has 0 spiro atoms. The second-order valence-corrected chi connectivity index (χ2v) is 4.84. The van der Waals surface area contributed by atoms with E-state index in [1.165, 1.54) is 4.57 Å². The second-order valence-electron chi connectivity index (χ2n) is 4.84. The van der Waals surface area contributed by atoms with Crippen LogP contribution in [0.4, 0.5) is 13.2 Å². The van der Waals surface area contributed by atoms with Crippen molar-refractivity contribution in [1.29, 1.82) is 5.26 Å². The average molecular weight is 313 g/mol. The fraction of sp³-hybridized carbons (Fsp3) is 0.0588. The molecule has 0 unspecified atom stereocenters. The van der Waals surface area contributed by atoms with Crippen LogP contribution in [0.3, 0.4) is 0 Å². The van der Waals surface area contributed by atoms with Crippen LogP contribution in [-0.4, -0.2) is 9.55 Å². The minimum absolute atomic E-state index is 0.197. The van der Waals surface area contributed by atoms with Gasteiger partial charge in [-0.15, -0.1) is 0 Å². The number of hydrogen-bond acceptors (Lipinski definition) is 2.